The third kappa shape index (κ3) is 6.40. The second-order valence-corrected chi connectivity index (χ2v) is 2.70. The van der Waals surface area contributed by atoms with E-state index in [0.717, 1.165) is 0 Å². The van der Waals surface area contributed by atoms with Gasteiger partial charge in [-0.3, -0.25) is 0 Å². The normalized spacial score (nSPS) is 9.06. The zero-order valence-corrected chi connectivity index (χ0v) is 10.5. The molecule has 0 aromatic carbocycles. The molecule has 2 N–H and O–H groups in total. The van der Waals surface area contributed by atoms with E-state index in [1.807, 2.05) is 10.9 Å². The van der Waals surface area contributed by atoms with Gasteiger partial charge in [0, 0.05) is 0 Å². The van der Waals surface area contributed by atoms with Gasteiger partial charge >= 0.3 is 18.3 Å². The maximum Gasteiger partial charge on any atom is 0.448 e. The smallest absolute Gasteiger partial charge is 0.448 e. The van der Waals surface area contributed by atoms with Gasteiger partial charge in [0.1, 0.15) is 0 Å². The number of hydrogen-bond acceptors (Lipinski definition) is 6. The zero-order valence-electron chi connectivity index (χ0n) is 10.5. The number of ether oxygens (including phenoxy) is 3. The van der Waals surface area contributed by atoms with E-state index in [-0.39, 0.29) is 19.8 Å². The average molecular weight is 263 g/mol. The highest BCUT2D eigenvalue weighted by Gasteiger charge is 2.21. The van der Waals surface area contributed by atoms with Crippen LogP contribution in [-0.4, -0.2) is 43.2 Å². The summed E-state index contributed by atoms with van der Waals surface area (Å²) >= 11 is 0. The Balaban J connectivity index is 4.46. The summed E-state index contributed by atoms with van der Waals surface area (Å²) in [5.74, 6) is 0. The topological polar surface area (TPSA) is 106 Å². The van der Waals surface area contributed by atoms with Crippen LogP contribution < -0.4 is 10.9 Å². The lowest BCUT2D eigenvalue weighted by atomic mass is 10.8. The molecule has 0 fully saturated rings. The maximum atomic E-state index is 11.4. The number of amides is 3. The van der Waals surface area contributed by atoms with E-state index in [2.05, 4.69) is 14.2 Å². The number of hydrazine groups is 2. The highest BCUT2D eigenvalue weighted by Crippen LogP contribution is 1.90. The Hall–Kier alpha value is -2.19. The van der Waals surface area contributed by atoms with Crippen LogP contribution in [0.3, 0.4) is 0 Å². The van der Waals surface area contributed by atoms with E-state index in [0.29, 0.717) is 5.12 Å². The molecular formula is C9H17N3O6. The van der Waals surface area contributed by atoms with Crippen molar-refractivity contribution in [3.63, 3.8) is 0 Å². The van der Waals surface area contributed by atoms with Crippen LogP contribution >= 0.6 is 0 Å². The van der Waals surface area contributed by atoms with E-state index in [9.17, 15) is 14.4 Å². The summed E-state index contributed by atoms with van der Waals surface area (Å²) in [6, 6.07) is 0. The molecule has 9 nitrogen and oxygen atoms in total. The lowest BCUT2D eigenvalue weighted by Gasteiger charge is -2.21. The predicted octanol–water partition coefficient (Wildman–Crippen LogP) is 0.767. The van der Waals surface area contributed by atoms with E-state index >= 15 is 0 Å². The van der Waals surface area contributed by atoms with Crippen molar-refractivity contribution in [1.29, 1.82) is 0 Å². The molecule has 104 valence electrons. The Morgan fingerprint density at radius 2 is 1.22 bits per heavy atom. The van der Waals surface area contributed by atoms with Crippen molar-refractivity contribution < 1.29 is 28.6 Å². The van der Waals surface area contributed by atoms with Crippen LogP contribution in [-0.2, 0) is 14.2 Å². The molecule has 0 rings (SSSR count). The van der Waals surface area contributed by atoms with Crippen LogP contribution in [0.25, 0.3) is 0 Å². The fraction of sp³-hybridized carbons (Fsp3) is 0.667. The first kappa shape index (κ1) is 15.8. The number of carbonyl (C=O) groups is 3. The summed E-state index contributed by atoms with van der Waals surface area (Å²) < 4.78 is 13.7. The molecule has 0 aliphatic rings. The first-order chi connectivity index (χ1) is 8.54. The summed E-state index contributed by atoms with van der Waals surface area (Å²) in [6.07, 6.45) is -2.80. The quantitative estimate of drug-likeness (QED) is 0.575. The first-order valence-corrected chi connectivity index (χ1v) is 5.38. The summed E-state index contributed by atoms with van der Waals surface area (Å²) in [6.45, 7) is 5.05. The molecule has 0 aliphatic heterocycles. The van der Waals surface area contributed by atoms with Crippen LogP contribution in [0.1, 0.15) is 20.8 Å². The standard InChI is InChI=1S/C9H17N3O6/c1-4-16-7(13)10-12(9(15)18-6-3)11-8(14)17-5-2/h4-6H2,1-3H3,(H,10,13)(H,11,14). The molecule has 0 unspecified atom stereocenters. The van der Waals surface area contributed by atoms with E-state index in [1.54, 1.807) is 20.8 Å². The third-order valence-electron chi connectivity index (χ3n) is 1.41. The summed E-state index contributed by atoms with van der Waals surface area (Å²) in [5.41, 5.74) is 3.96. The van der Waals surface area contributed by atoms with Crippen molar-refractivity contribution in [3.05, 3.63) is 0 Å². The van der Waals surface area contributed by atoms with E-state index < -0.39 is 18.3 Å². The fourth-order valence-corrected chi connectivity index (χ4v) is 0.817. The zero-order chi connectivity index (χ0) is 14.0. The lowest BCUT2D eigenvalue weighted by Crippen LogP contribution is -2.56. The molecule has 0 aromatic heterocycles. The largest absolute Gasteiger partial charge is 0.449 e. The van der Waals surface area contributed by atoms with E-state index in [4.69, 9.17) is 0 Å². The number of hydrogen-bond donors (Lipinski definition) is 2. The van der Waals surface area contributed by atoms with Gasteiger partial charge in [-0.05, 0) is 20.8 Å². The molecule has 0 bridgehead atoms. The van der Waals surface area contributed by atoms with Crippen molar-refractivity contribution in [1.82, 2.24) is 16.0 Å². The molecule has 0 aliphatic carbocycles. The van der Waals surface area contributed by atoms with Gasteiger partial charge in [0.2, 0.25) is 0 Å². The van der Waals surface area contributed by atoms with Crippen LogP contribution in [0.2, 0.25) is 0 Å². The Morgan fingerprint density at radius 1 is 0.833 bits per heavy atom. The van der Waals surface area contributed by atoms with Gasteiger partial charge in [-0.2, -0.15) is 0 Å². The Kier molecular flexibility index (Phi) is 7.82. The van der Waals surface area contributed by atoms with Crippen molar-refractivity contribution in [2.24, 2.45) is 0 Å². The first-order valence-electron chi connectivity index (χ1n) is 5.38. The van der Waals surface area contributed by atoms with Crippen molar-refractivity contribution in [2.75, 3.05) is 19.8 Å². The van der Waals surface area contributed by atoms with Gasteiger partial charge in [-0.1, -0.05) is 0 Å². The third-order valence-corrected chi connectivity index (χ3v) is 1.41. The number of nitrogens with one attached hydrogen (secondary N) is 2. The Morgan fingerprint density at radius 3 is 1.56 bits per heavy atom. The molecule has 9 heteroatoms. The fourth-order valence-electron chi connectivity index (χ4n) is 0.817. The minimum Gasteiger partial charge on any atom is -0.449 e. The molecule has 3 amide bonds. The van der Waals surface area contributed by atoms with Gasteiger partial charge < -0.3 is 14.2 Å². The number of nitrogens with zero attached hydrogens (tertiary/aromatic N) is 1. The van der Waals surface area contributed by atoms with Crippen LogP contribution in [0, 0.1) is 0 Å². The van der Waals surface area contributed by atoms with Gasteiger partial charge in [-0.15, -0.1) is 5.12 Å². The van der Waals surface area contributed by atoms with Gasteiger partial charge in [-0.25, -0.2) is 25.2 Å². The highest BCUT2D eigenvalue weighted by atomic mass is 16.6. The van der Waals surface area contributed by atoms with Crippen LogP contribution in [0.4, 0.5) is 14.4 Å². The number of carbonyl (C=O) groups excluding carboxylic acids is 3. The lowest BCUT2D eigenvalue weighted by molar-refractivity contribution is 0.0452. The number of rotatable bonds is 3. The molecule has 0 saturated heterocycles. The summed E-state index contributed by atoms with van der Waals surface area (Å²) in [7, 11) is 0. The SMILES string of the molecule is CCOC(=O)NN(NC(=O)OCC)C(=O)OCC. The maximum absolute atomic E-state index is 11.4. The Bertz CT molecular complexity index is 276. The average Bonchev–Trinajstić information content (AvgIpc) is 2.29. The molecule has 0 atom stereocenters. The molecule has 0 heterocycles. The molecule has 0 aromatic rings. The van der Waals surface area contributed by atoms with Gasteiger partial charge in [0.05, 0.1) is 19.8 Å². The molecular weight excluding hydrogens is 246 g/mol. The van der Waals surface area contributed by atoms with Crippen molar-refractivity contribution >= 4 is 18.3 Å². The van der Waals surface area contributed by atoms with Gasteiger partial charge in [0.25, 0.3) is 0 Å². The summed E-state index contributed by atoms with van der Waals surface area (Å²) in [5, 5.41) is 0.444. The summed E-state index contributed by atoms with van der Waals surface area (Å²) in [4.78, 5) is 33.6. The van der Waals surface area contributed by atoms with Crippen molar-refractivity contribution in [3.8, 4) is 0 Å². The minimum absolute atomic E-state index is 0.0738. The van der Waals surface area contributed by atoms with Crippen LogP contribution in [0.15, 0.2) is 0 Å². The molecule has 0 saturated carbocycles. The highest BCUT2D eigenvalue weighted by molar-refractivity contribution is 5.77. The second-order valence-electron chi connectivity index (χ2n) is 2.70. The van der Waals surface area contributed by atoms with Gasteiger partial charge in [0.15, 0.2) is 0 Å². The van der Waals surface area contributed by atoms with Crippen molar-refractivity contribution in [2.45, 2.75) is 20.8 Å². The monoisotopic (exact) mass is 263 g/mol. The molecule has 0 spiro atoms. The van der Waals surface area contributed by atoms with E-state index in [1.165, 1.54) is 0 Å². The Labute approximate surface area is 104 Å². The minimum atomic E-state index is -0.974. The van der Waals surface area contributed by atoms with Crippen LogP contribution in [0.5, 0.6) is 0 Å². The second kappa shape index (κ2) is 8.90. The predicted molar refractivity (Wildman–Crippen MR) is 59.2 cm³/mol. The molecule has 0 radical (unpaired) electrons. The molecule has 18 heavy (non-hydrogen) atoms.